The maximum absolute atomic E-state index is 13.3. The van der Waals surface area contributed by atoms with Crippen LogP contribution in [-0.4, -0.2) is 32.3 Å². The number of methoxy groups -OCH3 is 1. The molecule has 1 heterocycles. The molecule has 0 spiro atoms. The molecule has 0 bridgehead atoms. The number of sulfonamides is 1. The van der Waals surface area contributed by atoms with E-state index in [1.165, 1.54) is 30.6 Å². The van der Waals surface area contributed by atoms with Gasteiger partial charge < -0.3 is 10.1 Å². The van der Waals surface area contributed by atoms with Crippen molar-refractivity contribution in [2.45, 2.75) is 18.0 Å². The lowest BCUT2D eigenvalue weighted by molar-refractivity contribution is -0.121. The molecule has 0 aliphatic heterocycles. The molecule has 1 aromatic heterocycles. The van der Waals surface area contributed by atoms with Gasteiger partial charge in [0.15, 0.2) is 0 Å². The Balaban J connectivity index is 1.83. The normalized spacial score (nSPS) is 11.4. The molecule has 6 nitrogen and oxygen atoms in total. The second kappa shape index (κ2) is 10.1. The highest BCUT2D eigenvalue weighted by Gasteiger charge is 2.27. The van der Waals surface area contributed by atoms with Gasteiger partial charge in [0.1, 0.15) is 5.75 Å². The molecule has 1 N–H and O–H groups in total. The second-order valence-corrected chi connectivity index (χ2v) is 9.77. The van der Waals surface area contributed by atoms with Crippen molar-refractivity contribution < 1.29 is 17.9 Å². The number of rotatable bonds is 9. The molecule has 0 fully saturated rings. The summed E-state index contributed by atoms with van der Waals surface area (Å²) in [4.78, 5) is 13.6. The molecule has 0 unspecified atom stereocenters. The average molecular weight is 465 g/mol. The summed E-state index contributed by atoms with van der Waals surface area (Å²) in [5, 5.41) is 5.12. The van der Waals surface area contributed by atoms with Crippen LogP contribution in [-0.2, 0) is 27.9 Å². The Morgan fingerprint density at radius 3 is 2.47 bits per heavy atom. The minimum atomic E-state index is -3.95. The number of hydrogen-bond acceptors (Lipinski definition) is 5. The second-order valence-electron chi connectivity index (χ2n) is 6.40. The zero-order valence-corrected chi connectivity index (χ0v) is 18.6. The van der Waals surface area contributed by atoms with Crippen molar-refractivity contribution in [1.82, 2.24) is 9.62 Å². The van der Waals surface area contributed by atoms with Gasteiger partial charge in [-0.25, -0.2) is 8.42 Å². The highest BCUT2D eigenvalue weighted by molar-refractivity contribution is 7.89. The number of hydrogen-bond donors (Lipinski definition) is 1. The van der Waals surface area contributed by atoms with Gasteiger partial charge in [0.05, 0.1) is 25.1 Å². The van der Waals surface area contributed by atoms with Gasteiger partial charge in [0.2, 0.25) is 15.9 Å². The molecular weight excluding hydrogens is 444 g/mol. The van der Waals surface area contributed by atoms with Crippen molar-refractivity contribution in [3.8, 4) is 5.75 Å². The molecule has 0 aliphatic rings. The molecule has 0 aliphatic carbocycles. The van der Waals surface area contributed by atoms with E-state index in [9.17, 15) is 13.2 Å². The minimum Gasteiger partial charge on any atom is -0.497 e. The maximum atomic E-state index is 13.3. The van der Waals surface area contributed by atoms with E-state index in [-0.39, 0.29) is 18.0 Å². The van der Waals surface area contributed by atoms with Gasteiger partial charge in [-0.2, -0.15) is 4.31 Å². The molecule has 3 rings (SSSR count). The van der Waals surface area contributed by atoms with Crippen LogP contribution in [0.4, 0.5) is 0 Å². The Kier molecular flexibility index (Phi) is 7.49. The van der Waals surface area contributed by atoms with Gasteiger partial charge in [0, 0.05) is 16.4 Å². The quantitative estimate of drug-likeness (QED) is 0.520. The first kappa shape index (κ1) is 22.3. The number of carbonyl (C=O) groups excluding carboxylic acids is 1. The largest absolute Gasteiger partial charge is 0.497 e. The van der Waals surface area contributed by atoms with Gasteiger partial charge in [-0.3, -0.25) is 4.79 Å². The Bertz CT molecular complexity index is 1080. The first-order valence-electron chi connectivity index (χ1n) is 9.07. The number of ether oxygens (including phenoxy) is 1. The monoisotopic (exact) mass is 464 g/mol. The van der Waals surface area contributed by atoms with Gasteiger partial charge in [0.25, 0.3) is 0 Å². The minimum absolute atomic E-state index is 0.0273. The SMILES string of the molecule is COc1ccc(S(=O)(=O)N(CC(=O)NCc2cccs2)Cc2ccccc2Cl)cc1. The molecule has 0 radical (unpaired) electrons. The van der Waals surface area contributed by atoms with Crippen molar-refractivity contribution in [3.05, 3.63) is 81.5 Å². The Morgan fingerprint density at radius 2 is 1.83 bits per heavy atom. The van der Waals surface area contributed by atoms with E-state index < -0.39 is 15.9 Å². The molecule has 0 saturated carbocycles. The van der Waals surface area contributed by atoms with Crippen molar-refractivity contribution >= 4 is 38.9 Å². The lowest BCUT2D eigenvalue weighted by atomic mass is 10.2. The van der Waals surface area contributed by atoms with Crippen molar-refractivity contribution in [2.24, 2.45) is 0 Å². The lowest BCUT2D eigenvalue weighted by Gasteiger charge is -2.22. The Hall–Kier alpha value is -2.39. The molecule has 1 amide bonds. The summed E-state index contributed by atoms with van der Waals surface area (Å²) < 4.78 is 32.8. The number of nitrogens with one attached hydrogen (secondary N) is 1. The van der Waals surface area contributed by atoms with Crippen LogP contribution < -0.4 is 10.1 Å². The van der Waals surface area contributed by atoms with E-state index in [2.05, 4.69) is 5.32 Å². The first-order valence-corrected chi connectivity index (χ1v) is 11.8. The standard InChI is InChI=1S/C21H21ClN2O4S2/c1-28-17-8-10-19(11-9-17)30(26,27)24(14-16-5-2-3-7-20(16)22)15-21(25)23-13-18-6-4-12-29-18/h2-12H,13-15H2,1H3,(H,23,25). The van der Waals surface area contributed by atoms with Crippen LogP contribution in [0.15, 0.2) is 70.9 Å². The summed E-state index contributed by atoms with van der Waals surface area (Å²) in [6, 6.07) is 16.8. The third-order valence-electron chi connectivity index (χ3n) is 4.36. The van der Waals surface area contributed by atoms with Crippen molar-refractivity contribution in [2.75, 3.05) is 13.7 Å². The molecular formula is C21H21ClN2O4S2. The van der Waals surface area contributed by atoms with Crippen LogP contribution >= 0.6 is 22.9 Å². The number of thiophene rings is 1. The highest BCUT2D eigenvalue weighted by Crippen LogP contribution is 2.24. The fraction of sp³-hybridized carbons (Fsp3) is 0.190. The maximum Gasteiger partial charge on any atom is 0.243 e. The summed E-state index contributed by atoms with van der Waals surface area (Å²) in [5.41, 5.74) is 0.613. The summed E-state index contributed by atoms with van der Waals surface area (Å²) in [6.45, 7) is -0.00949. The molecule has 9 heteroatoms. The molecule has 0 saturated heterocycles. The van der Waals surface area contributed by atoms with E-state index in [0.717, 1.165) is 9.18 Å². The number of carbonyl (C=O) groups is 1. The van der Waals surface area contributed by atoms with E-state index in [1.807, 2.05) is 17.5 Å². The summed E-state index contributed by atoms with van der Waals surface area (Å²) in [5.74, 6) is 0.146. The fourth-order valence-corrected chi connectivity index (χ4v) is 4.97. The van der Waals surface area contributed by atoms with Gasteiger partial charge in [-0.05, 0) is 47.3 Å². The van der Waals surface area contributed by atoms with Crippen LogP contribution in [0.5, 0.6) is 5.75 Å². The van der Waals surface area contributed by atoms with Gasteiger partial charge in [-0.15, -0.1) is 11.3 Å². The van der Waals surface area contributed by atoms with Crippen LogP contribution in [0.25, 0.3) is 0 Å². The number of benzene rings is 2. The predicted molar refractivity (Wildman–Crippen MR) is 118 cm³/mol. The molecule has 0 atom stereocenters. The molecule has 158 valence electrons. The van der Waals surface area contributed by atoms with Gasteiger partial charge >= 0.3 is 0 Å². The third kappa shape index (κ3) is 5.60. The fourth-order valence-electron chi connectivity index (χ4n) is 2.75. The smallest absolute Gasteiger partial charge is 0.243 e. The van der Waals surface area contributed by atoms with Crippen LogP contribution in [0, 0.1) is 0 Å². The lowest BCUT2D eigenvalue weighted by Crippen LogP contribution is -2.40. The van der Waals surface area contributed by atoms with Crippen LogP contribution in [0.2, 0.25) is 5.02 Å². The summed E-state index contributed by atoms with van der Waals surface area (Å²) in [6.07, 6.45) is 0. The number of nitrogens with zero attached hydrogens (tertiary/aromatic N) is 1. The molecule has 3 aromatic rings. The van der Waals surface area contributed by atoms with E-state index in [1.54, 1.807) is 36.4 Å². The summed E-state index contributed by atoms with van der Waals surface area (Å²) >= 11 is 7.75. The number of halogens is 1. The summed E-state index contributed by atoms with van der Waals surface area (Å²) in [7, 11) is -2.44. The Labute approximate surface area is 185 Å². The molecule has 30 heavy (non-hydrogen) atoms. The van der Waals surface area contributed by atoms with E-state index in [4.69, 9.17) is 16.3 Å². The van der Waals surface area contributed by atoms with E-state index in [0.29, 0.717) is 22.9 Å². The van der Waals surface area contributed by atoms with Crippen LogP contribution in [0.3, 0.4) is 0 Å². The molecule has 2 aromatic carbocycles. The van der Waals surface area contributed by atoms with Crippen molar-refractivity contribution in [3.63, 3.8) is 0 Å². The predicted octanol–water partition coefficient (Wildman–Crippen LogP) is 3.92. The Morgan fingerprint density at radius 1 is 1.10 bits per heavy atom. The number of amides is 1. The van der Waals surface area contributed by atoms with Crippen LogP contribution in [0.1, 0.15) is 10.4 Å². The van der Waals surface area contributed by atoms with Gasteiger partial charge in [-0.1, -0.05) is 35.9 Å². The topological polar surface area (TPSA) is 75.7 Å². The zero-order chi connectivity index (χ0) is 21.6. The van der Waals surface area contributed by atoms with Crippen molar-refractivity contribution in [1.29, 1.82) is 0 Å². The van der Waals surface area contributed by atoms with E-state index >= 15 is 0 Å². The highest BCUT2D eigenvalue weighted by atomic mass is 35.5. The zero-order valence-electron chi connectivity index (χ0n) is 16.2. The third-order valence-corrected chi connectivity index (χ3v) is 7.41. The first-order chi connectivity index (χ1) is 14.4. The average Bonchev–Trinajstić information content (AvgIpc) is 3.27.